The molecular formula is C14H16FNO3S. The molecule has 6 heteroatoms. The highest BCUT2D eigenvalue weighted by Gasteiger charge is 2.33. The van der Waals surface area contributed by atoms with Crippen molar-refractivity contribution in [2.45, 2.75) is 30.2 Å². The van der Waals surface area contributed by atoms with Gasteiger partial charge in [-0.1, -0.05) is 12.1 Å². The number of carbonyl (C=O) groups excluding carboxylic acids is 1. The number of hydrogen-bond acceptors (Lipinski definition) is 3. The van der Waals surface area contributed by atoms with Crippen LogP contribution in [-0.2, 0) is 9.59 Å². The van der Waals surface area contributed by atoms with Crippen molar-refractivity contribution >= 4 is 23.6 Å². The highest BCUT2D eigenvalue weighted by Crippen LogP contribution is 2.28. The van der Waals surface area contributed by atoms with E-state index in [-0.39, 0.29) is 30.7 Å². The van der Waals surface area contributed by atoms with Gasteiger partial charge >= 0.3 is 5.97 Å². The molecule has 1 saturated carbocycles. The number of nitrogens with zero attached hydrogens (tertiary/aromatic N) is 1. The van der Waals surface area contributed by atoms with Crippen LogP contribution in [-0.4, -0.2) is 40.2 Å². The minimum absolute atomic E-state index is 0.0806. The van der Waals surface area contributed by atoms with E-state index >= 15 is 0 Å². The van der Waals surface area contributed by atoms with E-state index in [9.17, 15) is 14.0 Å². The molecule has 0 radical (unpaired) electrons. The van der Waals surface area contributed by atoms with Crippen molar-refractivity contribution in [2.75, 3.05) is 12.3 Å². The summed E-state index contributed by atoms with van der Waals surface area (Å²) in [6.07, 6.45) is 1.97. The normalized spacial score (nSPS) is 14.1. The fraction of sp³-hybridized carbons (Fsp3) is 0.429. The third kappa shape index (κ3) is 4.23. The molecule has 1 N–H and O–H groups in total. The highest BCUT2D eigenvalue weighted by molar-refractivity contribution is 7.99. The van der Waals surface area contributed by atoms with Crippen molar-refractivity contribution in [2.24, 2.45) is 0 Å². The fourth-order valence-electron chi connectivity index (χ4n) is 1.91. The van der Waals surface area contributed by atoms with E-state index in [1.807, 2.05) is 0 Å². The average molecular weight is 297 g/mol. The number of amides is 1. The zero-order valence-corrected chi connectivity index (χ0v) is 11.7. The zero-order chi connectivity index (χ0) is 14.5. The molecule has 1 aromatic carbocycles. The van der Waals surface area contributed by atoms with Gasteiger partial charge in [-0.05, 0) is 25.0 Å². The molecule has 0 heterocycles. The van der Waals surface area contributed by atoms with Crippen molar-refractivity contribution in [3.63, 3.8) is 0 Å². The van der Waals surface area contributed by atoms with Crippen LogP contribution in [0.15, 0.2) is 29.2 Å². The Morgan fingerprint density at radius 2 is 2.05 bits per heavy atom. The number of carboxylic acid groups (broad SMARTS) is 1. The molecule has 20 heavy (non-hydrogen) atoms. The first-order valence-electron chi connectivity index (χ1n) is 6.46. The summed E-state index contributed by atoms with van der Waals surface area (Å²) in [6.45, 7) is -0.242. The van der Waals surface area contributed by atoms with Gasteiger partial charge in [0.2, 0.25) is 5.91 Å². The molecule has 0 aliphatic heterocycles. The zero-order valence-electron chi connectivity index (χ0n) is 10.9. The van der Waals surface area contributed by atoms with Gasteiger partial charge < -0.3 is 10.0 Å². The lowest BCUT2D eigenvalue weighted by molar-refractivity contribution is -0.144. The third-order valence-corrected chi connectivity index (χ3v) is 4.07. The van der Waals surface area contributed by atoms with Gasteiger partial charge in [0, 0.05) is 23.1 Å². The Morgan fingerprint density at radius 1 is 1.35 bits per heavy atom. The SMILES string of the molecule is O=C(O)CN(C(=O)CCSc1ccccc1F)C1CC1. The van der Waals surface area contributed by atoms with Crippen LogP contribution in [0.3, 0.4) is 0 Å². The van der Waals surface area contributed by atoms with E-state index in [4.69, 9.17) is 5.11 Å². The summed E-state index contributed by atoms with van der Waals surface area (Å²) < 4.78 is 13.4. The summed E-state index contributed by atoms with van der Waals surface area (Å²) in [5.74, 6) is -1.01. The predicted molar refractivity (Wildman–Crippen MR) is 74.1 cm³/mol. The summed E-state index contributed by atoms with van der Waals surface area (Å²) in [4.78, 5) is 24.7. The van der Waals surface area contributed by atoms with E-state index in [2.05, 4.69) is 0 Å². The summed E-state index contributed by atoms with van der Waals surface area (Å²) in [5.41, 5.74) is 0. The van der Waals surface area contributed by atoms with Gasteiger partial charge in [-0.25, -0.2) is 4.39 Å². The first kappa shape index (κ1) is 14.8. The lowest BCUT2D eigenvalue weighted by Gasteiger charge is -2.20. The van der Waals surface area contributed by atoms with Crippen LogP contribution in [0.1, 0.15) is 19.3 Å². The molecular weight excluding hydrogens is 281 g/mol. The second kappa shape index (κ2) is 6.74. The monoisotopic (exact) mass is 297 g/mol. The molecule has 0 bridgehead atoms. The van der Waals surface area contributed by atoms with Crippen LogP contribution in [0, 0.1) is 5.82 Å². The molecule has 108 valence electrons. The number of carbonyl (C=O) groups is 2. The molecule has 2 rings (SSSR count). The van der Waals surface area contributed by atoms with E-state index in [0.717, 1.165) is 12.8 Å². The fourth-order valence-corrected chi connectivity index (χ4v) is 2.78. The minimum Gasteiger partial charge on any atom is -0.480 e. The molecule has 0 atom stereocenters. The Kier molecular flexibility index (Phi) is 5.00. The summed E-state index contributed by atoms with van der Waals surface area (Å²) in [7, 11) is 0. The van der Waals surface area contributed by atoms with Gasteiger partial charge in [-0.3, -0.25) is 9.59 Å². The van der Waals surface area contributed by atoms with Crippen molar-refractivity contribution in [3.05, 3.63) is 30.1 Å². The van der Waals surface area contributed by atoms with Crippen molar-refractivity contribution in [3.8, 4) is 0 Å². The highest BCUT2D eigenvalue weighted by atomic mass is 32.2. The van der Waals surface area contributed by atoms with E-state index in [1.165, 1.54) is 22.7 Å². The molecule has 1 fully saturated rings. The quantitative estimate of drug-likeness (QED) is 0.785. The first-order chi connectivity index (χ1) is 9.58. The lowest BCUT2D eigenvalue weighted by atomic mass is 10.3. The van der Waals surface area contributed by atoms with Gasteiger partial charge in [-0.15, -0.1) is 11.8 Å². The van der Waals surface area contributed by atoms with Gasteiger partial charge in [0.25, 0.3) is 0 Å². The molecule has 0 saturated heterocycles. The number of halogens is 1. The second-order valence-corrected chi connectivity index (χ2v) is 5.81. The molecule has 0 aromatic heterocycles. The minimum atomic E-state index is -0.994. The summed E-state index contributed by atoms with van der Waals surface area (Å²) >= 11 is 1.27. The molecule has 1 amide bonds. The first-order valence-corrected chi connectivity index (χ1v) is 7.45. The van der Waals surface area contributed by atoms with Gasteiger partial charge in [-0.2, -0.15) is 0 Å². The number of benzene rings is 1. The Balaban J connectivity index is 1.82. The summed E-state index contributed by atoms with van der Waals surface area (Å²) in [5, 5.41) is 8.80. The van der Waals surface area contributed by atoms with Gasteiger partial charge in [0.1, 0.15) is 12.4 Å². The number of carboxylic acids is 1. The van der Waals surface area contributed by atoms with Crippen molar-refractivity contribution in [1.29, 1.82) is 0 Å². The molecule has 1 aliphatic carbocycles. The Labute approximate surface area is 121 Å². The standard InChI is InChI=1S/C14H16FNO3S/c15-11-3-1-2-4-12(11)20-8-7-13(17)16(9-14(18)19)10-5-6-10/h1-4,10H,5-9H2,(H,18,19). The third-order valence-electron chi connectivity index (χ3n) is 3.02. The largest absolute Gasteiger partial charge is 0.480 e. The Hall–Kier alpha value is -1.56. The van der Waals surface area contributed by atoms with Crippen LogP contribution >= 0.6 is 11.8 Å². The maximum Gasteiger partial charge on any atom is 0.323 e. The number of thioether (sulfide) groups is 1. The maximum absolute atomic E-state index is 13.4. The average Bonchev–Trinajstić information content (AvgIpc) is 3.22. The molecule has 4 nitrogen and oxygen atoms in total. The van der Waals surface area contributed by atoms with Crippen LogP contribution in [0.25, 0.3) is 0 Å². The number of rotatable bonds is 7. The smallest absolute Gasteiger partial charge is 0.323 e. The van der Waals surface area contributed by atoms with Crippen LogP contribution < -0.4 is 0 Å². The van der Waals surface area contributed by atoms with Crippen LogP contribution in [0.4, 0.5) is 4.39 Å². The van der Waals surface area contributed by atoms with Crippen molar-refractivity contribution < 1.29 is 19.1 Å². The molecule has 1 aliphatic rings. The Bertz CT molecular complexity index is 505. The predicted octanol–water partition coefficient (Wildman–Crippen LogP) is 2.38. The maximum atomic E-state index is 13.4. The van der Waals surface area contributed by atoms with E-state index in [1.54, 1.807) is 18.2 Å². The Morgan fingerprint density at radius 3 is 2.65 bits per heavy atom. The van der Waals surface area contributed by atoms with Crippen LogP contribution in [0.5, 0.6) is 0 Å². The summed E-state index contributed by atoms with van der Waals surface area (Å²) in [6, 6.07) is 6.49. The molecule has 1 aromatic rings. The van der Waals surface area contributed by atoms with Gasteiger partial charge in [0.15, 0.2) is 0 Å². The van der Waals surface area contributed by atoms with Crippen molar-refractivity contribution in [1.82, 2.24) is 4.90 Å². The molecule has 0 unspecified atom stereocenters. The molecule has 0 spiro atoms. The number of aliphatic carboxylic acids is 1. The topological polar surface area (TPSA) is 57.6 Å². The van der Waals surface area contributed by atoms with Crippen LogP contribution in [0.2, 0.25) is 0 Å². The van der Waals surface area contributed by atoms with E-state index < -0.39 is 5.97 Å². The lowest BCUT2D eigenvalue weighted by Crippen LogP contribution is -2.37. The number of hydrogen-bond donors (Lipinski definition) is 1. The van der Waals surface area contributed by atoms with E-state index in [0.29, 0.717) is 10.6 Å². The second-order valence-electron chi connectivity index (χ2n) is 4.68. The van der Waals surface area contributed by atoms with Gasteiger partial charge in [0.05, 0.1) is 0 Å².